The molecular weight excluding hydrogens is 417 g/mol. The summed E-state index contributed by atoms with van der Waals surface area (Å²) in [5, 5.41) is 6.69. The Hall–Kier alpha value is -1.18. The molecule has 1 fully saturated rings. The summed E-state index contributed by atoms with van der Waals surface area (Å²) in [5.41, 5.74) is 1.11. The fourth-order valence-corrected chi connectivity index (χ4v) is 2.22. The highest BCUT2D eigenvalue weighted by Gasteiger charge is 2.21. The second-order valence-electron chi connectivity index (χ2n) is 5.85. The molecule has 0 atom stereocenters. The van der Waals surface area contributed by atoms with Crippen molar-refractivity contribution in [1.82, 2.24) is 10.6 Å². The van der Waals surface area contributed by atoms with E-state index in [2.05, 4.69) is 29.5 Å². The van der Waals surface area contributed by atoms with Crippen LogP contribution >= 0.6 is 24.0 Å². The van der Waals surface area contributed by atoms with Gasteiger partial charge in [-0.3, -0.25) is 0 Å². The van der Waals surface area contributed by atoms with E-state index >= 15 is 0 Å². The summed E-state index contributed by atoms with van der Waals surface area (Å²) in [4.78, 5) is 4.65. The van der Waals surface area contributed by atoms with Crippen LogP contribution < -0.4 is 20.1 Å². The molecule has 5 nitrogen and oxygen atoms in total. The van der Waals surface area contributed by atoms with Gasteiger partial charge in [-0.05, 0) is 49.8 Å². The molecule has 0 spiro atoms. The average Bonchev–Trinajstić information content (AvgIpc) is 3.40. The summed E-state index contributed by atoms with van der Waals surface area (Å²) >= 11 is 0. The fraction of sp³-hybridized carbons (Fsp3) is 0.611. The van der Waals surface area contributed by atoms with Crippen molar-refractivity contribution in [3.63, 3.8) is 0 Å². The van der Waals surface area contributed by atoms with Gasteiger partial charge in [-0.25, -0.2) is 4.99 Å². The molecule has 0 heterocycles. The Morgan fingerprint density at radius 1 is 1.21 bits per heavy atom. The van der Waals surface area contributed by atoms with Gasteiger partial charge < -0.3 is 20.1 Å². The molecule has 0 saturated heterocycles. The highest BCUT2D eigenvalue weighted by molar-refractivity contribution is 14.0. The Labute approximate surface area is 162 Å². The molecule has 1 aromatic rings. The van der Waals surface area contributed by atoms with Crippen LogP contribution in [0.2, 0.25) is 0 Å². The Bertz CT molecular complexity index is 519. The lowest BCUT2D eigenvalue weighted by molar-refractivity contribution is 0.294. The number of guanidine groups is 1. The molecule has 0 aromatic heterocycles. The molecule has 1 aliphatic carbocycles. The molecule has 6 heteroatoms. The van der Waals surface area contributed by atoms with Crippen LogP contribution in [0.1, 0.15) is 38.7 Å². The van der Waals surface area contributed by atoms with E-state index in [9.17, 15) is 0 Å². The first-order valence-corrected chi connectivity index (χ1v) is 8.58. The molecule has 1 aromatic carbocycles. The Kier molecular flexibility index (Phi) is 9.90. The summed E-state index contributed by atoms with van der Waals surface area (Å²) in [5.74, 6) is 3.27. The maximum absolute atomic E-state index is 5.68. The minimum Gasteiger partial charge on any atom is -0.493 e. The summed E-state index contributed by atoms with van der Waals surface area (Å²) in [6.07, 6.45) is 3.65. The van der Waals surface area contributed by atoms with Crippen molar-refractivity contribution < 1.29 is 9.47 Å². The molecule has 1 aliphatic rings. The summed E-state index contributed by atoms with van der Waals surface area (Å²) < 4.78 is 11.1. The Morgan fingerprint density at radius 3 is 2.62 bits per heavy atom. The van der Waals surface area contributed by atoms with Crippen LogP contribution in [0.5, 0.6) is 11.5 Å². The van der Waals surface area contributed by atoms with Gasteiger partial charge in [0.15, 0.2) is 17.5 Å². The molecule has 0 aliphatic heterocycles. The van der Waals surface area contributed by atoms with Gasteiger partial charge in [0.25, 0.3) is 0 Å². The molecule has 0 bridgehead atoms. The zero-order valence-corrected chi connectivity index (χ0v) is 17.3. The van der Waals surface area contributed by atoms with E-state index in [0.29, 0.717) is 13.2 Å². The zero-order valence-electron chi connectivity index (χ0n) is 14.9. The van der Waals surface area contributed by atoms with Gasteiger partial charge >= 0.3 is 0 Å². The number of benzene rings is 1. The number of hydrogen-bond acceptors (Lipinski definition) is 3. The van der Waals surface area contributed by atoms with E-state index in [0.717, 1.165) is 48.5 Å². The number of nitrogens with zero attached hydrogens (tertiary/aromatic N) is 1. The van der Waals surface area contributed by atoms with E-state index < -0.39 is 0 Å². The lowest BCUT2D eigenvalue weighted by Gasteiger charge is -2.12. The van der Waals surface area contributed by atoms with Crippen molar-refractivity contribution in [2.45, 2.75) is 39.7 Å². The number of halogens is 1. The lowest BCUT2D eigenvalue weighted by atomic mass is 10.2. The molecule has 136 valence electrons. The third kappa shape index (κ3) is 7.15. The smallest absolute Gasteiger partial charge is 0.191 e. The second kappa shape index (κ2) is 11.4. The van der Waals surface area contributed by atoms with Crippen molar-refractivity contribution in [2.24, 2.45) is 10.9 Å². The normalized spacial score (nSPS) is 13.9. The van der Waals surface area contributed by atoms with Gasteiger partial charge in [0.1, 0.15) is 0 Å². The van der Waals surface area contributed by atoms with Gasteiger partial charge in [-0.15, -0.1) is 24.0 Å². The van der Waals surface area contributed by atoms with Crippen LogP contribution in [0.3, 0.4) is 0 Å². The van der Waals surface area contributed by atoms with E-state index in [1.54, 1.807) is 7.11 Å². The summed E-state index contributed by atoms with van der Waals surface area (Å²) in [6.45, 7) is 7.36. The Balaban J connectivity index is 0.00000288. The first-order valence-electron chi connectivity index (χ1n) is 8.58. The van der Waals surface area contributed by atoms with Crippen LogP contribution in [0.4, 0.5) is 0 Å². The van der Waals surface area contributed by atoms with Crippen LogP contribution in [-0.2, 0) is 6.54 Å². The van der Waals surface area contributed by atoms with Crippen molar-refractivity contribution in [3.05, 3.63) is 23.8 Å². The molecule has 0 unspecified atom stereocenters. The van der Waals surface area contributed by atoms with E-state index in [1.807, 2.05) is 18.2 Å². The second-order valence-corrected chi connectivity index (χ2v) is 5.85. The zero-order chi connectivity index (χ0) is 16.5. The Morgan fingerprint density at radius 2 is 2.00 bits per heavy atom. The molecule has 1 saturated carbocycles. The van der Waals surface area contributed by atoms with Crippen molar-refractivity contribution in [1.29, 1.82) is 0 Å². The summed E-state index contributed by atoms with van der Waals surface area (Å²) in [6, 6.07) is 6.00. The maximum Gasteiger partial charge on any atom is 0.191 e. The number of rotatable bonds is 9. The number of aliphatic imine (C=N–C) groups is 1. The summed E-state index contributed by atoms with van der Waals surface area (Å²) in [7, 11) is 1.67. The van der Waals surface area contributed by atoms with E-state index in [4.69, 9.17) is 9.47 Å². The van der Waals surface area contributed by atoms with Gasteiger partial charge in [0.2, 0.25) is 0 Å². The van der Waals surface area contributed by atoms with Gasteiger partial charge in [0, 0.05) is 13.1 Å². The first kappa shape index (κ1) is 20.9. The maximum atomic E-state index is 5.68. The number of methoxy groups -OCH3 is 1. The molecule has 24 heavy (non-hydrogen) atoms. The molecule has 2 rings (SSSR count). The van der Waals surface area contributed by atoms with E-state index in [1.165, 1.54) is 12.8 Å². The van der Waals surface area contributed by atoms with Crippen LogP contribution in [0, 0.1) is 5.92 Å². The lowest BCUT2D eigenvalue weighted by Crippen LogP contribution is -2.38. The van der Waals surface area contributed by atoms with Crippen LogP contribution in [-0.4, -0.2) is 32.8 Å². The topological polar surface area (TPSA) is 54.9 Å². The number of hydrogen-bond donors (Lipinski definition) is 2. The fourth-order valence-electron chi connectivity index (χ4n) is 2.22. The predicted molar refractivity (Wildman–Crippen MR) is 110 cm³/mol. The quantitative estimate of drug-likeness (QED) is 0.345. The monoisotopic (exact) mass is 447 g/mol. The minimum atomic E-state index is 0. The number of ether oxygens (including phenoxy) is 2. The third-order valence-corrected chi connectivity index (χ3v) is 3.71. The van der Waals surface area contributed by atoms with Crippen LogP contribution in [0.25, 0.3) is 0 Å². The van der Waals surface area contributed by atoms with E-state index in [-0.39, 0.29) is 24.0 Å². The number of nitrogens with one attached hydrogen (secondary N) is 2. The molecule has 2 N–H and O–H groups in total. The molecule has 0 radical (unpaired) electrons. The molecular formula is C18H30IN3O2. The largest absolute Gasteiger partial charge is 0.493 e. The molecule has 0 amide bonds. The average molecular weight is 447 g/mol. The van der Waals surface area contributed by atoms with Crippen molar-refractivity contribution in [2.75, 3.05) is 26.8 Å². The minimum absolute atomic E-state index is 0. The van der Waals surface area contributed by atoms with Gasteiger partial charge in [0.05, 0.1) is 20.3 Å². The van der Waals surface area contributed by atoms with Crippen molar-refractivity contribution in [3.8, 4) is 11.5 Å². The third-order valence-electron chi connectivity index (χ3n) is 3.71. The van der Waals surface area contributed by atoms with Gasteiger partial charge in [-0.2, -0.15) is 0 Å². The van der Waals surface area contributed by atoms with Crippen molar-refractivity contribution >= 4 is 29.9 Å². The first-order chi connectivity index (χ1) is 11.3. The highest BCUT2D eigenvalue weighted by Crippen LogP contribution is 2.29. The standard InChI is InChI=1S/C18H29N3O2.HI/c1-4-10-23-16-9-8-15(11-17(16)22-3)13-21-18(19-5-2)20-12-14-6-7-14;/h8-9,11,14H,4-7,10,12-13H2,1-3H3,(H2,19,20,21);1H. The highest BCUT2D eigenvalue weighted by atomic mass is 127. The van der Waals surface area contributed by atoms with Crippen LogP contribution in [0.15, 0.2) is 23.2 Å². The van der Waals surface area contributed by atoms with Gasteiger partial charge in [-0.1, -0.05) is 13.0 Å². The predicted octanol–water partition coefficient (Wildman–Crippen LogP) is 3.57. The SMILES string of the molecule is CCCOc1ccc(CN=C(NCC)NCC2CC2)cc1OC.I.